The minimum absolute atomic E-state index is 0.143. The van der Waals surface area contributed by atoms with Crippen LogP contribution in [0.25, 0.3) is 0 Å². The third-order valence-corrected chi connectivity index (χ3v) is 4.40. The predicted octanol–water partition coefficient (Wildman–Crippen LogP) is 0.165. The average molecular weight is 269 g/mol. The molecular formula is C14H27N3O2. The van der Waals surface area contributed by atoms with Crippen LogP contribution in [0.2, 0.25) is 0 Å². The summed E-state index contributed by atoms with van der Waals surface area (Å²) in [6.07, 6.45) is 1.02. The van der Waals surface area contributed by atoms with Crippen molar-refractivity contribution in [2.45, 2.75) is 26.3 Å². The summed E-state index contributed by atoms with van der Waals surface area (Å²) in [5, 5.41) is 3.05. The number of hydrogen-bond acceptors (Lipinski definition) is 4. The Morgan fingerprint density at radius 1 is 1.32 bits per heavy atom. The highest BCUT2D eigenvalue weighted by molar-refractivity contribution is 5.83. The van der Waals surface area contributed by atoms with Crippen molar-refractivity contribution in [3.8, 4) is 0 Å². The van der Waals surface area contributed by atoms with Crippen molar-refractivity contribution in [3.63, 3.8) is 0 Å². The van der Waals surface area contributed by atoms with E-state index >= 15 is 0 Å². The molecular weight excluding hydrogens is 242 g/mol. The minimum atomic E-state index is -0.281. The number of carbonyl (C=O) groups is 1. The molecule has 2 rings (SSSR count). The standard InChI is InChI=1S/C14H27N3O2/c1-12(17-8-6-16(3)7-9-17)4-5-15-13(18)14(2)10-19-11-14/h12H,4-11H2,1-3H3,(H,15,18)/t12-/m1/s1. The van der Waals surface area contributed by atoms with Gasteiger partial charge in [-0.3, -0.25) is 9.69 Å². The second-order valence-electron chi connectivity index (χ2n) is 6.29. The Labute approximate surface area is 116 Å². The zero-order chi connectivity index (χ0) is 13.9. The van der Waals surface area contributed by atoms with Gasteiger partial charge in [0.15, 0.2) is 0 Å². The molecule has 2 fully saturated rings. The molecule has 0 aromatic rings. The smallest absolute Gasteiger partial charge is 0.230 e. The number of nitrogens with one attached hydrogen (secondary N) is 1. The fraction of sp³-hybridized carbons (Fsp3) is 0.929. The van der Waals surface area contributed by atoms with Gasteiger partial charge in [0.1, 0.15) is 0 Å². The first-order chi connectivity index (χ1) is 9.01. The van der Waals surface area contributed by atoms with Gasteiger partial charge >= 0.3 is 0 Å². The Bertz CT molecular complexity index is 310. The molecule has 2 heterocycles. The molecule has 0 saturated carbocycles. The topological polar surface area (TPSA) is 44.8 Å². The number of ether oxygens (including phenoxy) is 1. The van der Waals surface area contributed by atoms with Crippen LogP contribution in [0, 0.1) is 5.41 Å². The van der Waals surface area contributed by atoms with E-state index in [2.05, 4.69) is 29.1 Å². The van der Waals surface area contributed by atoms with E-state index in [4.69, 9.17) is 4.74 Å². The number of amides is 1. The molecule has 0 spiro atoms. The fourth-order valence-corrected chi connectivity index (χ4v) is 2.59. The summed E-state index contributed by atoms with van der Waals surface area (Å²) in [7, 11) is 2.17. The van der Waals surface area contributed by atoms with Crippen molar-refractivity contribution in [3.05, 3.63) is 0 Å². The van der Waals surface area contributed by atoms with Crippen molar-refractivity contribution < 1.29 is 9.53 Å². The van der Waals surface area contributed by atoms with Crippen molar-refractivity contribution in [2.75, 3.05) is 53.0 Å². The lowest BCUT2D eigenvalue weighted by Crippen LogP contribution is -2.53. The second-order valence-corrected chi connectivity index (χ2v) is 6.29. The van der Waals surface area contributed by atoms with Crippen LogP contribution in [0.1, 0.15) is 20.3 Å². The number of nitrogens with zero attached hydrogens (tertiary/aromatic N) is 2. The number of piperazine rings is 1. The summed E-state index contributed by atoms with van der Waals surface area (Å²) in [6, 6.07) is 0.541. The van der Waals surface area contributed by atoms with Gasteiger partial charge in [-0.05, 0) is 27.3 Å². The minimum Gasteiger partial charge on any atom is -0.379 e. The average Bonchev–Trinajstić information content (AvgIpc) is 2.36. The summed E-state index contributed by atoms with van der Waals surface area (Å²) in [5.74, 6) is 0.143. The first-order valence-corrected chi connectivity index (χ1v) is 7.30. The largest absolute Gasteiger partial charge is 0.379 e. The van der Waals surface area contributed by atoms with E-state index in [-0.39, 0.29) is 11.3 Å². The molecule has 0 unspecified atom stereocenters. The predicted molar refractivity (Wildman–Crippen MR) is 75.1 cm³/mol. The molecule has 2 aliphatic heterocycles. The lowest BCUT2D eigenvalue weighted by atomic mass is 9.87. The van der Waals surface area contributed by atoms with Crippen molar-refractivity contribution in [1.29, 1.82) is 0 Å². The normalized spacial score (nSPS) is 25.6. The van der Waals surface area contributed by atoms with Gasteiger partial charge in [0.05, 0.1) is 18.6 Å². The van der Waals surface area contributed by atoms with E-state index in [1.54, 1.807) is 0 Å². The van der Waals surface area contributed by atoms with Gasteiger partial charge in [-0.15, -0.1) is 0 Å². The lowest BCUT2D eigenvalue weighted by molar-refractivity contribution is -0.157. The molecule has 1 N–H and O–H groups in total. The summed E-state index contributed by atoms with van der Waals surface area (Å²) in [5.41, 5.74) is -0.281. The van der Waals surface area contributed by atoms with E-state index in [0.717, 1.165) is 39.1 Å². The van der Waals surface area contributed by atoms with E-state index in [0.29, 0.717) is 19.3 Å². The molecule has 0 bridgehead atoms. The van der Waals surface area contributed by atoms with Crippen molar-refractivity contribution >= 4 is 5.91 Å². The Kier molecular flexibility index (Phi) is 4.81. The third kappa shape index (κ3) is 3.68. The lowest BCUT2D eigenvalue weighted by Gasteiger charge is -2.38. The second kappa shape index (κ2) is 6.20. The van der Waals surface area contributed by atoms with Crippen LogP contribution < -0.4 is 5.32 Å². The molecule has 1 amide bonds. The molecule has 19 heavy (non-hydrogen) atoms. The molecule has 110 valence electrons. The summed E-state index contributed by atoms with van der Waals surface area (Å²) in [6.45, 7) is 10.7. The summed E-state index contributed by atoms with van der Waals surface area (Å²) >= 11 is 0. The van der Waals surface area contributed by atoms with Crippen LogP contribution >= 0.6 is 0 Å². The zero-order valence-corrected chi connectivity index (χ0v) is 12.4. The number of carbonyl (C=O) groups excluding carboxylic acids is 1. The monoisotopic (exact) mass is 269 g/mol. The summed E-state index contributed by atoms with van der Waals surface area (Å²) in [4.78, 5) is 16.8. The maximum absolute atomic E-state index is 11.9. The Hall–Kier alpha value is -0.650. The van der Waals surface area contributed by atoms with Gasteiger partial charge in [0.2, 0.25) is 5.91 Å². The Morgan fingerprint density at radius 3 is 2.47 bits per heavy atom. The highest BCUT2D eigenvalue weighted by Crippen LogP contribution is 2.26. The molecule has 1 atom stereocenters. The van der Waals surface area contributed by atoms with Crippen LogP contribution in [0.15, 0.2) is 0 Å². The molecule has 0 aromatic heterocycles. The van der Waals surface area contributed by atoms with E-state index in [1.165, 1.54) is 0 Å². The highest BCUT2D eigenvalue weighted by Gasteiger charge is 2.40. The highest BCUT2D eigenvalue weighted by atomic mass is 16.5. The molecule has 0 aromatic carbocycles. The Morgan fingerprint density at radius 2 is 1.95 bits per heavy atom. The Balaban J connectivity index is 1.63. The first kappa shape index (κ1) is 14.8. The zero-order valence-electron chi connectivity index (χ0n) is 12.4. The van der Waals surface area contributed by atoms with Crippen molar-refractivity contribution in [2.24, 2.45) is 5.41 Å². The van der Waals surface area contributed by atoms with Crippen LogP contribution in [-0.4, -0.2) is 74.7 Å². The number of hydrogen-bond donors (Lipinski definition) is 1. The van der Waals surface area contributed by atoms with E-state index in [9.17, 15) is 4.79 Å². The van der Waals surface area contributed by atoms with E-state index in [1.807, 2.05) is 6.92 Å². The molecule has 5 heteroatoms. The van der Waals surface area contributed by atoms with Gasteiger partial charge in [-0.1, -0.05) is 0 Å². The molecule has 0 radical (unpaired) electrons. The van der Waals surface area contributed by atoms with Gasteiger partial charge in [-0.2, -0.15) is 0 Å². The molecule has 2 aliphatic rings. The fourth-order valence-electron chi connectivity index (χ4n) is 2.59. The quantitative estimate of drug-likeness (QED) is 0.772. The van der Waals surface area contributed by atoms with Crippen molar-refractivity contribution in [1.82, 2.24) is 15.1 Å². The summed E-state index contributed by atoms with van der Waals surface area (Å²) < 4.78 is 5.12. The molecule has 0 aliphatic carbocycles. The first-order valence-electron chi connectivity index (χ1n) is 7.30. The van der Waals surface area contributed by atoms with Crippen LogP contribution in [0.3, 0.4) is 0 Å². The maximum Gasteiger partial charge on any atom is 0.230 e. The van der Waals surface area contributed by atoms with Gasteiger partial charge in [-0.25, -0.2) is 0 Å². The SMILES string of the molecule is C[C@H](CCNC(=O)C1(C)COC1)N1CCN(C)CC1. The van der Waals surface area contributed by atoms with Gasteiger partial charge in [0.25, 0.3) is 0 Å². The number of rotatable bonds is 5. The van der Waals surface area contributed by atoms with E-state index < -0.39 is 0 Å². The van der Waals surface area contributed by atoms with Crippen LogP contribution in [0.5, 0.6) is 0 Å². The molecule has 2 saturated heterocycles. The van der Waals surface area contributed by atoms with Gasteiger partial charge < -0.3 is 15.0 Å². The van der Waals surface area contributed by atoms with Crippen LogP contribution in [0.4, 0.5) is 0 Å². The molecule has 5 nitrogen and oxygen atoms in total. The maximum atomic E-state index is 11.9. The van der Waals surface area contributed by atoms with Gasteiger partial charge in [0, 0.05) is 38.8 Å². The van der Waals surface area contributed by atoms with Crippen LogP contribution in [-0.2, 0) is 9.53 Å². The third-order valence-electron chi connectivity index (χ3n) is 4.40. The number of likely N-dealkylation sites (N-methyl/N-ethyl adjacent to an activating group) is 1.